The largest absolute Gasteiger partial charge is 0.462 e. The predicted molar refractivity (Wildman–Crippen MR) is 120 cm³/mol. The zero-order valence-electron chi connectivity index (χ0n) is 16.9. The van der Waals surface area contributed by atoms with Crippen LogP contribution in [0, 0.1) is 7.05 Å². The van der Waals surface area contributed by atoms with Crippen molar-refractivity contribution >= 4 is 34.4 Å². The monoisotopic (exact) mass is 390 g/mol. The maximum Gasteiger partial charge on any atom is 0.213 e. The molecule has 1 aliphatic heterocycles. The lowest BCUT2D eigenvalue weighted by molar-refractivity contribution is -0.848. The van der Waals surface area contributed by atoms with E-state index in [9.17, 15) is 0 Å². The molecule has 1 aromatic heterocycles. The third-order valence-corrected chi connectivity index (χ3v) is 6.34. The van der Waals surface area contributed by atoms with Crippen LogP contribution in [0.4, 0.5) is 5.69 Å². The van der Waals surface area contributed by atoms with Crippen LogP contribution in [0.15, 0.2) is 70.7 Å². The molecule has 2 aromatic carbocycles. The van der Waals surface area contributed by atoms with Gasteiger partial charge in [-0.15, -0.1) is 7.05 Å². The molecule has 4 rings (SSSR count). The predicted octanol–water partition coefficient (Wildman–Crippen LogP) is 4.93. The number of fused-ring (bicyclic) bond motifs is 2. The number of hydrogen-bond donors (Lipinski definition) is 0. The molecule has 0 atom stereocenters. The summed E-state index contributed by atoms with van der Waals surface area (Å²) in [5, 5.41) is 2.56. The first-order chi connectivity index (χ1) is 13.4. The molecule has 0 saturated carbocycles. The van der Waals surface area contributed by atoms with Gasteiger partial charge in [0, 0.05) is 38.2 Å². The number of aryl methyl sites for hydroxylation is 1. The van der Waals surface area contributed by atoms with Crippen molar-refractivity contribution in [2.45, 2.75) is 17.9 Å². The molecule has 0 spiro atoms. The summed E-state index contributed by atoms with van der Waals surface area (Å²) in [6.45, 7) is 2.07. The number of thioether (sulfide) groups is 1. The number of quaternary nitrogens is 1. The van der Waals surface area contributed by atoms with Crippen LogP contribution in [0.2, 0.25) is 0 Å². The molecule has 0 N–H and O–H groups in total. The minimum absolute atomic E-state index is 0.757. The smallest absolute Gasteiger partial charge is 0.213 e. The number of hydrogen-bond acceptors (Lipinski definition) is 2. The van der Waals surface area contributed by atoms with Gasteiger partial charge in [-0.3, -0.25) is 0 Å². The first-order valence-electron chi connectivity index (χ1n) is 9.73. The fourth-order valence-electron chi connectivity index (χ4n) is 3.68. The van der Waals surface area contributed by atoms with Gasteiger partial charge < -0.3 is 9.38 Å². The number of rotatable bonds is 5. The Balaban J connectivity index is 1.66. The van der Waals surface area contributed by atoms with E-state index >= 15 is 0 Å². The van der Waals surface area contributed by atoms with Crippen LogP contribution >= 0.6 is 11.8 Å². The van der Waals surface area contributed by atoms with Gasteiger partial charge in [0.2, 0.25) is 5.52 Å². The van der Waals surface area contributed by atoms with Crippen LogP contribution < -0.4 is 9.47 Å². The third kappa shape index (κ3) is 3.94. The molecular weight excluding hydrogens is 362 g/mol. The van der Waals surface area contributed by atoms with Crippen LogP contribution in [0.25, 0.3) is 17.0 Å². The zero-order valence-corrected chi connectivity index (χ0v) is 17.7. The van der Waals surface area contributed by atoms with Crippen LogP contribution in [-0.4, -0.2) is 32.2 Å². The Morgan fingerprint density at radius 1 is 1.07 bits per heavy atom. The number of nitrogens with zero attached hydrogens (tertiary/aromatic N) is 3. The average Bonchev–Trinajstić information content (AvgIpc) is 2.98. The maximum atomic E-state index is 4.17. The standard InChI is InChI=1S/C24H28N3S/c1-25-22-12-7-8-13-23(22)28-24(25)18-19-14-16-26(15-9-17-27(2,3)4)21-11-6-5-10-20(19)21/h5-8,10-14,16,18H,2,9,15,17H2,1,3-4H3/q+1. The lowest BCUT2D eigenvalue weighted by atomic mass is 10.1. The summed E-state index contributed by atoms with van der Waals surface area (Å²) in [6, 6.07) is 19.5. The van der Waals surface area contributed by atoms with E-state index < -0.39 is 0 Å². The second kappa shape index (κ2) is 7.61. The molecular formula is C24H28N3S+. The quantitative estimate of drug-likeness (QED) is 0.347. The molecule has 1 aliphatic rings. The number of anilines is 1. The lowest BCUT2D eigenvalue weighted by Crippen LogP contribution is -2.39. The van der Waals surface area contributed by atoms with Crippen molar-refractivity contribution in [3.8, 4) is 0 Å². The third-order valence-electron chi connectivity index (χ3n) is 5.17. The van der Waals surface area contributed by atoms with Crippen LogP contribution in [0.1, 0.15) is 12.0 Å². The van der Waals surface area contributed by atoms with Crippen molar-refractivity contribution < 1.29 is 9.05 Å². The van der Waals surface area contributed by atoms with E-state index in [4.69, 9.17) is 0 Å². The van der Waals surface area contributed by atoms with Crippen LogP contribution in [-0.2, 0) is 6.54 Å². The number of aromatic nitrogens is 1. The summed E-state index contributed by atoms with van der Waals surface area (Å²) >= 11 is 1.84. The Hall–Kier alpha value is -2.30. The van der Waals surface area contributed by atoms with Gasteiger partial charge in [0.05, 0.1) is 29.1 Å². The summed E-state index contributed by atoms with van der Waals surface area (Å²) in [5.74, 6) is 0. The number of para-hydroxylation sites is 2. The molecule has 0 amide bonds. The van der Waals surface area contributed by atoms with Crippen LogP contribution in [0.3, 0.4) is 0 Å². The molecule has 3 nitrogen and oxygen atoms in total. The average molecular weight is 391 g/mol. The Kier molecular flexibility index (Phi) is 5.17. The van der Waals surface area contributed by atoms with Gasteiger partial charge in [0.15, 0.2) is 12.7 Å². The second-order valence-corrected chi connectivity index (χ2v) is 9.17. The molecule has 3 aromatic rings. The Morgan fingerprint density at radius 3 is 2.61 bits per heavy atom. The van der Waals surface area contributed by atoms with Crippen molar-refractivity contribution in [3.63, 3.8) is 0 Å². The van der Waals surface area contributed by atoms with E-state index in [2.05, 4.69) is 105 Å². The highest BCUT2D eigenvalue weighted by molar-refractivity contribution is 8.03. The summed E-state index contributed by atoms with van der Waals surface area (Å²) in [7, 11) is 10.6. The van der Waals surface area contributed by atoms with Gasteiger partial charge in [-0.05, 0) is 29.8 Å². The Bertz CT molecular complexity index is 1030. The van der Waals surface area contributed by atoms with Gasteiger partial charge in [0.1, 0.15) is 0 Å². The van der Waals surface area contributed by atoms with E-state index in [1.165, 1.54) is 32.1 Å². The minimum Gasteiger partial charge on any atom is -0.462 e. The molecule has 144 valence electrons. The highest BCUT2D eigenvalue weighted by Gasteiger charge is 2.22. The number of benzene rings is 2. The Labute approximate surface area is 172 Å². The summed E-state index contributed by atoms with van der Waals surface area (Å²) in [6.07, 6.45) is 5.65. The molecule has 2 heterocycles. The molecule has 0 bridgehead atoms. The first-order valence-corrected chi connectivity index (χ1v) is 10.5. The van der Waals surface area contributed by atoms with Crippen molar-refractivity contribution in [3.05, 3.63) is 78.4 Å². The fourth-order valence-corrected chi connectivity index (χ4v) is 4.78. The highest BCUT2D eigenvalue weighted by Crippen LogP contribution is 2.45. The van der Waals surface area contributed by atoms with Crippen molar-refractivity contribution in [1.82, 2.24) is 0 Å². The summed E-state index contributed by atoms with van der Waals surface area (Å²) < 4.78 is 3.13. The second-order valence-electron chi connectivity index (χ2n) is 8.11. The molecule has 28 heavy (non-hydrogen) atoms. The van der Waals surface area contributed by atoms with E-state index in [1.54, 1.807) is 0 Å². The Morgan fingerprint density at radius 2 is 1.82 bits per heavy atom. The normalized spacial score (nSPS) is 15.4. The summed E-state index contributed by atoms with van der Waals surface area (Å²) in [4.78, 5) is 3.60. The van der Waals surface area contributed by atoms with E-state index in [0.717, 1.165) is 24.0 Å². The molecule has 0 aliphatic carbocycles. The molecule has 0 fully saturated rings. The van der Waals surface area contributed by atoms with Gasteiger partial charge in [-0.25, -0.2) is 0 Å². The van der Waals surface area contributed by atoms with E-state index in [-0.39, 0.29) is 0 Å². The van der Waals surface area contributed by atoms with Crippen molar-refractivity contribution in [2.75, 3.05) is 32.6 Å². The maximum absolute atomic E-state index is 4.17. The van der Waals surface area contributed by atoms with E-state index in [0.29, 0.717) is 0 Å². The minimum atomic E-state index is 0.757. The lowest BCUT2D eigenvalue weighted by Gasteiger charge is -2.32. The van der Waals surface area contributed by atoms with Gasteiger partial charge in [-0.2, -0.15) is 4.57 Å². The van der Waals surface area contributed by atoms with E-state index in [1.807, 2.05) is 11.8 Å². The SMILES string of the molecule is [CH2-][N+](C)(C)CCC[n+]1ccc(/C=C2\Sc3ccccc3N2C)c2ccccc21. The summed E-state index contributed by atoms with van der Waals surface area (Å²) in [5.41, 5.74) is 3.83. The fraction of sp³-hybridized carbons (Fsp3) is 0.250. The molecule has 4 heteroatoms. The number of pyridine rings is 1. The zero-order chi connectivity index (χ0) is 19.7. The van der Waals surface area contributed by atoms with Gasteiger partial charge >= 0.3 is 0 Å². The van der Waals surface area contributed by atoms with Gasteiger partial charge in [0.25, 0.3) is 0 Å². The molecule has 0 saturated heterocycles. The van der Waals surface area contributed by atoms with Crippen molar-refractivity contribution in [2.24, 2.45) is 0 Å². The first kappa shape index (κ1) is 19.0. The molecule has 0 radical (unpaired) electrons. The van der Waals surface area contributed by atoms with Crippen molar-refractivity contribution in [1.29, 1.82) is 0 Å². The van der Waals surface area contributed by atoms with Gasteiger partial charge in [-0.1, -0.05) is 36.0 Å². The van der Waals surface area contributed by atoms with Crippen LogP contribution in [0.5, 0.6) is 0 Å². The molecule has 0 unspecified atom stereocenters. The topological polar surface area (TPSA) is 7.12 Å². The highest BCUT2D eigenvalue weighted by atomic mass is 32.2.